The first-order valence-corrected chi connectivity index (χ1v) is 4.82. The number of nitro groups is 1. The topological polar surface area (TPSA) is 92.5 Å². The van der Waals surface area contributed by atoms with Crippen LogP contribution in [-0.4, -0.2) is 22.5 Å². The molecular formula is C10H10N2O4. The Balaban J connectivity index is 2.43. The highest BCUT2D eigenvalue weighted by molar-refractivity contribution is 5.73. The molecule has 1 aromatic carbocycles. The van der Waals surface area contributed by atoms with Crippen molar-refractivity contribution in [3.8, 4) is 0 Å². The molecule has 1 heterocycles. The number of rotatable bonds is 3. The number of anilines is 1. The number of benzene rings is 1. The van der Waals surface area contributed by atoms with Gasteiger partial charge in [0.1, 0.15) is 0 Å². The van der Waals surface area contributed by atoms with Crippen molar-refractivity contribution in [2.45, 2.75) is 12.3 Å². The number of carboxylic acids is 1. The zero-order valence-electron chi connectivity index (χ0n) is 8.34. The normalized spacial score (nSPS) is 17.6. The predicted octanol–water partition coefficient (Wildman–Crippen LogP) is 1.58. The fourth-order valence-corrected chi connectivity index (χ4v) is 2.02. The first-order chi connectivity index (χ1) is 7.59. The molecule has 84 valence electrons. The molecule has 1 aromatic rings. The minimum atomic E-state index is -0.946. The van der Waals surface area contributed by atoms with E-state index in [9.17, 15) is 14.9 Å². The molecule has 0 amide bonds. The van der Waals surface area contributed by atoms with Gasteiger partial charge in [-0.2, -0.15) is 0 Å². The van der Waals surface area contributed by atoms with E-state index < -0.39 is 10.9 Å². The Labute approximate surface area is 91.0 Å². The molecule has 2 N–H and O–H groups in total. The zero-order valence-corrected chi connectivity index (χ0v) is 8.34. The van der Waals surface area contributed by atoms with Crippen LogP contribution in [0.3, 0.4) is 0 Å². The average molecular weight is 222 g/mol. The maximum Gasteiger partial charge on any atom is 0.304 e. The first kappa shape index (κ1) is 10.4. The molecule has 1 aliphatic rings. The van der Waals surface area contributed by atoms with Crippen molar-refractivity contribution in [2.24, 2.45) is 0 Å². The van der Waals surface area contributed by atoms with E-state index in [2.05, 4.69) is 5.32 Å². The molecule has 2 rings (SSSR count). The van der Waals surface area contributed by atoms with Crippen LogP contribution in [0.25, 0.3) is 0 Å². The van der Waals surface area contributed by atoms with Gasteiger partial charge in [-0.05, 0) is 6.07 Å². The lowest BCUT2D eigenvalue weighted by molar-refractivity contribution is -0.385. The van der Waals surface area contributed by atoms with E-state index in [0.717, 1.165) is 0 Å². The number of hydrogen-bond acceptors (Lipinski definition) is 4. The number of nitro benzene ring substituents is 1. The Bertz CT molecular complexity index is 458. The van der Waals surface area contributed by atoms with Gasteiger partial charge in [0.15, 0.2) is 0 Å². The molecule has 16 heavy (non-hydrogen) atoms. The highest BCUT2D eigenvalue weighted by Crippen LogP contribution is 2.39. The van der Waals surface area contributed by atoms with Crippen molar-refractivity contribution < 1.29 is 14.8 Å². The van der Waals surface area contributed by atoms with Gasteiger partial charge in [-0.25, -0.2) is 0 Å². The first-order valence-electron chi connectivity index (χ1n) is 4.82. The molecule has 0 saturated heterocycles. The highest BCUT2D eigenvalue weighted by Gasteiger charge is 2.31. The summed E-state index contributed by atoms with van der Waals surface area (Å²) in [5.74, 6) is -1.27. The Morgan fingerprint density at radius 2 is 2.38 bits per heavy atom. The van der Waals surface area contributed by atoms with Gasteiger partial charge in [0.05, 0.1) is 16.9 Å². The van der Waals surface area contributed by atoms with Gasteiger partial charge in [-0.1, -0.05) is 6.07 Å². The third-order valence-electron chi connectivity index (χ3n) is 2.65. The lowest BCUT2D eigenvalue weighted by Crippen LogP contribution is -2.09. The second-order valence-electron chi connectivity index (χ2n) is 3.67. The lowest BCUT2D eigenvalue weighted by atomic mass is 9.96. The summed E-state index contributed by atoms with van der Waals surface area (Å²) in [6.07, 6.45) is -0.0924. The number of carbonyl (C=O) groups is 1. The third-order valence-corrected chi connectivity index (χ3v) is 2.65. The Hall–Kier alpha value is -2.11. The van der Waals surface area contributed by atoms with Crippen LogP contribution >= 0.6 is 0 Å². The van der Waals surface area contributed by atoms with Crippen molar-refractivity contribution in [1.82, 2.24) is 0 Å². The number of fused-ring (bicyclic) bond motifs is 1. The number of aliphatic carboxylic acids is 1. The van der Waals surface area contributed by atoms with E-state index in [0.29, 0.717) is 17.8 Å². The smallest absolute Gasteiger partial charge is 0.304 e. The maximum atomic E-state index is 10.8. The number of hydrogen-bond donors (Lipinski definition) is 2. The summed E-state index contributed by atoms with van der Waals surface area (Å²) in [6.45, 7) is 0.437. The number of nitrogens with one attached hydrogen (secondary N) is 1. The summed E-state index contributed by atoms with van der Waals surface area (Å²) < 4.78 is 0. The van der Waals surface area contributed by atoms with Crippen LogP contribution in [0.4, 0.5) is 11.4 Å². The Morgan fingerprint density at radius 3 is 3.00 bits per heavy atom. The molecule has 0 bridgehead atoms. The maximum absolute atomic E-state index is 10.8. The zero-order chi connectivity index (χ0) is 11.7. The minimum Gasteiger partial charge on any atom is -0.481 e. The van der Waals surface area contributed by atoms with Crippen LogP contribution in [-0.2, 0) is 4.79 Å². The van der Waals surface area contributed by atoms with E-state index in [1.54, 1.807) is 12.1 Å². The molecule has 0 radical (unpaired) electrons. The van der Waals surface area contributed by atoms with E-state index in [-0.39, 0.29) is 18.0 Å². The summed E-state index contributed by atoms with van der Waals surface area (Å²) in [4.78, 5) is 21.0. The molecule has 6 nitrogen and oxygen atoms in total. The number of nitrogens with zero attached hydrogens (tertiary/aromatic N) is 1. The average Bonchev–Trinajstić information content (AvgIpc) is 2.60. The Kier molecular flexibility index (Phi) is 2.47. The van der Waals surface area contributed by atoms with Crippen molar-refractivity contribution in [3.63, 3.8) is 0 Å². The number of carboxylic acid groups (broad SMARTS) is 1. The molecule has 0 aromatic heterocycles. The summed E-state index contributed by atoms with van der Waals surface area (Å²) >= 11 is 0. The van der Waals surface area contributed by atoms with Crippen LogP contribution in [0.1, 0.15) is 17.9 Å². The van der Waals surface area contributed by atoms with Crippen LogP contribution in [0.5, 0.6) is 0 Å². The van der Waals surface area contributed by atoms with Gasteiger partial charge >= 0.3 is 5.97 Å². The second-order valence-corrected chi connectivity index (χ2v) is 3.67. The lowest BCUT2D eigenvalue weighted by Gasteiger charge is -2.06. The van der Waals surface area contributed by atoms with Crippen LogP contribution in [0, 0.1) is 10.1 Å². The molecule has 1 atom stereocenters. The van der Waals surface area contributed by atoms with Gasteiger partial charge in [0.25, 0.3) is 5.69 Å². The van der Waals surface area contributed by atoms with Crippen LogP contribution in [0.2, 0.25) is 0 Å². The van der Waals surface area contributed by atoms with E-state index in [1.165, 1.54) is 6.07 Å². The largest absolute Gasteiger partial charge is 0.481 e. The molecule has 1 unspecified atom stereocenters. The van der Waals surface area contributed by atoms with Crippen LogP contribution in [0.15, 0.2) is 18.2 Å². The van der Waals surface area contributed by atoms with Gasteiger partial charge < -0.3 is 10.4 Å². The van der Waals surface area contributed by atoms with Gasteiger partial charge in [0.2, 0.25) is 0 Å². The summed E-state index contributed by atoms with van der Waals surface area (Å²) in [5, 5.41) is 22.5. The highest BCUT2D eigenvalue weighted by atomic mass is 16.6. The van der Waals surface area contributed by atoms with Gasteiger partial charge in [0, 0.05) is 24.2 Å². The Morgan fingerprint density at radius 1 is 1.62 bits per heavy atom. The summed E-state index contributed by atoms with van der Waals surface area (Å²) in [6, 6.07) is 4.72. The van der Waals surface area contributed by atoms with Crippen molar-refractivity contribution in [2.75, 3.05) is 11.9 Å². The van der Waals surface area contributed by atoms with Crippen molar-refractivity contribution in [1.29, 1.82) is 0 Å². The van der Waals surface area contributed by atoms with Crippen molar-refractivity contribution in [3.05, 3.63) is 33.9 Å². The molecule has 0 spiro atoms. The van der Waals surface area contributed by atoms with Crippen molar-refractivity contribution >= 4 is 17.3 Å². The SMILES string of the molecule is O=C(O)CC1CNc2cccc([N+](=O)[O-])c21. The quantitative estimate of drug-likeness (QED) is 0.598. The van der Waals surface area contributed by atoms with E-state index in [4.69, 9.17) is 5.11 Å². The molecule has 1 aliphatic heterocycles. The van der Waals surface area contributed by atoms with Crippen LogP contribution < -0.4 is 5.32 Å². The molecule has 0 saturated carbocycles. The fraction of sp³-hybridized carbons (Fsp3) is 0.300. The predicted molar refractivity (Wildman–Crippen MR) is 56.6 cm³/mol. The second kappa shape index (κ2) is 3.80. The molecule has 0 fully saturated rings. The molecule has 6 heteroatoms. The van der Waals surface area contributed by atoms with E-state index >= 15 is 0 Å². The monoisotopic (exact) mass is 222 g/mol. The van der Waals surface area contributed by atoms with E-state index in [1.807, 2.05) is 0 Å². The fourth-order valence-electron chi connectivity index (χ4n) is 2.02. The van der Waals surface area contributed by atoms with Gasteiger partial charge in [-0.3, -0.25) is 14.9 Å². The minimum absolute atomic E-state index is 0.00579. The van der Waals surface area contributed by atoms with Gasteiger partial charge in [-0.15, -0.1) is 0 Å². The molecular weight excluding hydrogens is 212 g/mol. The summed E-state index contributed by atoms with van der Waals surface area (Å²) in [5.41, 5.74) is 1.17. The standard InChI is InChI=1S/C10H10N2O4/c13-9(14)4-6-5-11-7-2-1-3-8(10(6)7)12(15)16/h1-3,6,11H,4-5H2,(H,13,14). The molecule has 0 aliphatic carbocycles. The summed E-state index contributed by atoms with van der Waals surface area (Å²) in [7, 11) is 0. The third kappa shape index (κ3) is 1.69.